The zero-order valence-corrected chi connectivity index (χ0v) is 14.2. The Bertz CT molecular complexity index is 626. The Morgan fingerprint density at radius 2 is 1.88 bits per heavy atom. The van der Waals surface area contributed by atoms with E-state index in [-0.39, 0.29) is 17.7 Å². The molecule has 2 heterocycles. The third-order valence-corrected chi connectivity index (χ3v) is 5.26. The SMILES string of the molecule is O=C1CCSCC(C(=O)Nc2ccc(C(=O)N3CCCC3)cc2)N1. The Balaban J connectivity index is 1.60. The number of carbonyl (C=O) groups excluding carboxylic acids is 3. The van der Waals surface area contributed by atoms with Gasteiger partial charge in [-0.3, -0.25) is 14.4 Å². The lowest BCUT2D eigenvalue weighted by Gasteiger charge is -2.17. The van der Waals surface area contributed by atoms with Crippen LogP contribution >= 0.6 is 11.8 Å². The molecule has 3 rings (SSSR count). The first-order valence-corrected chi connectivity index (χ1v) is 9.36. The number of rotatable bonds is 3. The number of nitrogens with zero attached hydrogens (tertiary/aromatic N) is 1. The molecule has 128 valence electrons. The zero-order chi connectivity index (χ0) is 16.9. The number of likely N-dealkylation sites (tertiary alicyclic amines) is 1. The molecule has 3 amide bonds. The second-order valence-electron chi connectivity index (χ2n) is 6.01. The third-order valence-electron chi connectivity index (χ3n) is 4.20. The molecule has 0 radical (unpaired) electrons. The Morgan fingerprint density at radius 3 is 2.58 bits per heavy atom. The fourth-order valence-electron chi connectivity index (χ4n) is 2.84. The van der Waals surface area contributed by atoms with Gasteiger partial charge in [0.15, 0.2) is 0 Å². The summed E-state index contributed by atoms with van der Waals surface area (Å²) >= 11 is 1.59. The Morgan fingerprint density at radius 1 is 1.17 bits per heavy atom. The van der Waals surface area contributed by atoms with Gasteiger partial charge >= 0.3 is 0 Å². The first-order valence-electron chi connectivity index (χ1n) is 8.21. The molecule has 1 unspecified atom stereocenters. The van der Waals surface area contributed by atoms with Crippen LogP contribution in [0.15, 0.2) is 24.3 Å². The summed E-state index contributed by atoms with van der Waals surface area (Å²) in [5.74, 6) is 1.03. The van der Waals surface area contributed by atoms with Crippen molar-refractivity contribution in [1.82, 2.24) is 10.2 Å². The summed E-state index contributed by atoms with van der Waals surface area (Å²) in [5.41, 5.74) is 1.26. The molecule has 2 aliphatic heterocycles. The van der Waals surface area contributed by atoms with Crippen LogP contribution in [-0.4, -0.2) is 53.3 Å². The van der Waals surface area contributed by atoms with E-state index < -0.39 is 6.04 Å². The molecule has 0 saturated carbocycles. The molecule has 6 nitrogen and oxygen atoms in total. The highest BCUT2D eigenvalue weighted by atomic mass is 32.2. The van der Waals surface area contributed by atoms with Crippen molar-refractivity contribution in [2.24, 2.45) is 0 Å². The Kier molecular flexibility index (Phi) is 5.40. The summed E-state index contributed by atoms with van der Waals surface area (Å²) < 4.78 is 0. The van der Waals surface area contributed by atoms with E-state index in [1.807, 2.05) is 4.90 Å². The van der Waals surface area contributed by atoms with Gasteiger partial charge in [-0.05, 0) is 37.1 Å². The average molecular weight is 347 g/mol. The highest BCUT2D eigenvalue weighted by Crippen LogP contribution is 2.16. The lowest BCUT2D eigenvalue weighted by molar-refractivity contribution is -0.125. The molecule has 2 fully saturated rings. The molecular weight excluding hydrogens is 326 g/mol. The van der Waals surface area contributed by atoms with Crippen LogP contribution in [-0.2, 0) is 9.59 Å². The second kappa shape index (κ2) is 7.70. The predicted molar refractivity (Wildman–Crippen MR) is 94.1 cm³/mol. The molecule has 7 heteroatoms. The van der Waals surface area contributed by atoms with Gasteiger partial charge < -0.3 is 15.5 Å². The fraction of sp³-hybridized carbons (Fsp3) is 0.471. The summed E-state index contributed by atoms with van der Waals surface area (Å²) in [6.45, 7) is 1.63. The number of amides is 3. The van der Waals surface area contributed by atoms with E-state index in [0.717, 1.165) is 31.7 Å². The number of carbonyl (C=O) groups is 3. The van der Waals surface area contributed by atoms with Crippen LogP contribution in [0, 0.1) is 0 Å². The van der Waals surface area contributed by atoms with E-state index >= 15 is 0 Å². The summed E-state index contributed by atoms with van der Waals surface area (Å²) in [5, 5.41) is 5.54. The van der Waals surface area contributed by atoms with Crippen molar-refractivity contribution >= 4 is 35.2 Å². The lowest BCUT2D eigenvalue weighted by Crippen LogP contribution is -2.44. The van der Waals surface area contributed by atoms with Gasteiger partial charge in [-0.25, -0.2) is 0 Å². The van der Waals surface area contributed by atoms with Crippen molar-refractivity contribution in [2.45, 2.75) is 25.3 Å². The molecule has 0 aliphatic carbocycles. The summed E-state index contributed by atoms with van der Waals surface area (Å²) in [6.07, 6.45) is 2.57. The van der Waals surface area contributed by atoms with Crippen molar-refractivity contribution in [3.8, 4) is 0 Å². The zero-order valence-electron chi connectivity index (χ0n) is 13.4. The predicted octanol–water partition coefficient (Wildman–Crippen LogP) is 1.48. The molecule has 0 spiro atoms. The Labute approximate surface area is 145 Å². The number of hydrogen-bond acceptors (Lipinski definition) is 4. The van der Waals surface area contributed by atoms with E-state index in [9.17, 15) is 14.4 Å². The quantitative estimate of drug-likeness (QED) is 0.868. The highest BCUT2D eigenvalue weighted by Gasteiger charge is 2.24. The fourth-order valence-corrected chi connectivity index (χ4v) is 3.81. The smallest absolute Gasteiger partial charge is 0.253 e. The molecule has 2 saturated heterocycles. The van der Waals surface area contributed by atoms with Crippen molar-refractivity contribution in [3.63, 3.8) is 0 Å². The highest BCUT2D eigenvalue weighted by molar-refractivity contribution is 7.99. The van der Waals surface area contributed by atoms with Crippen LogP contribution in [0.1, 0.15) is 29.6 Å². The van der Waals surface area contributed by atoms with Gasteiger partial charge in [0.1, 0.15) is 6.04 Å². The summed E-state index contributed by atoms with van der Waals surface area (Å²) in [7, 11) is 0. The largest absolute Gasteiger partial charge is 0.343 e. The van der Waals surface area contributed by atoms with Crippen LogP contribution in [0.2, 0.25) is 0 Å². The molecule has 1 aromatic rings. The first-order chi connectivity index (χ1) is 11.6. The average Bonchev–Trinajstić information content (AvgIpc) is 3.03. The summed E-state index contributed by atoms with van der Waals surface area (Å²) in [6, 6.07) is 6.41. The van der Waals surface area contributed by atoms with Gasteiger partial charge in [-0.15, -0.1) is 0 Å². The van der Waals surface area contributed by atoms with Gasteiger partial charge in [0, 0.05) is 42.3 Å². The van der Waals surface area contributed by atoms with Gasteiger partial charge in [0.05, 0.1) is 0 Å². The normalized spacial score (nSPS) is 21.1. The molecule has 2 N–H and O–H groups in total. The molecule has 1 aromatic carbocycles. The van der Waals surface area contributed by atoms with Crippen molar-refractivity contribution in [1.29, 1.82) is 0 Å². The Hall–Kier alpha value is -2.02. The minimum atomic E-state index is -0.518. The minimum absolute atomic E-state index is 0.0396. The van der Waals surface area contributed by atoms with Crippen LogP contribution < -0.4 is 10.6 Å². The maximum absolute atomic E-state index is 12.3. The van der Waals surface area contributed by atoms with Gasteiger partial charge in [-0.2, -0.15) is 11.8 Å². The maximum atomic E-state index is 12.3. The molecule has 24 heavy (non-hydrogen) atoms. The molecule has 0 aromatic heterocycles. The van der Waals surface area contributed by atoms with Crippen LogP contribution in [0.4, 0.5) is 5.69 Å². The van der Waals surface area contributed by atoms with E-state index in [4.69, 9.17) is 0 Å². The van der Waals surface area contributed by atoms with Crippen molar-refractivity contribution < 1.29 is 14.4 Å². The molecule has 0 bridgehead atoms. The van der Waals surface area contributed by atoms with Crippen LogP contribution in [0.5, 0.6) is 0 Å². The monoisotopic (exact) mass is 347 g/mol. The molecule has 2 aliphatic rings. The van der Waals surface area contributed by atoms with E-state index in [2.05, 4.69) is 10.6 Å². The van der Waals surface area contributed by atoms with E-state index in [1.165, 1.54) is 0 Å². The van der Waals surface area contributed by atoms with Gasteiger partial charge in [-0.1, -0.05) is 0 Å². The van der Waals surface area contributed by atoms with E-state index in [0.29, 0.717) is 23.4 Å². The topological polar surface area (TPSA) is 78.5 Å². The number of hydrogen-bond donors (Lipinski definition) is 2. The van der Waals surface area contributed by atoms with Crippen molar-refractivity contribution in [3.05, 3.63) is 29.8 Å². The standard InChI is InChI=1S/C17H21N3O3S/c21-15-7-10-24-11-14(19-15)16(22)18-13-5-3-12(4-6-13)17(23)20-8-1-2-9-20/h3-6,14H,1-2,7-11H2,(H,18,22)(H,19,21). The third kappa shape index (κ3) is 4.08. The first kappa shape index (κ1) is 16.8. The number of nitrogens with one attached hydrogen (secondary N) is 2. The van der Waals surface area contributed by atoms with Gasteiger partial charge in [0.25, 0.3) is 5.91 Å². The van der Waals surface area contributed by atoms with Crippen molar-refractivity contribution in [2.75, 3.05) is 29.9 Å². The summed E-state index contributed by atoms with van der Waals surface area (Å²) in [4.78, 5) is 38.0. The maximum Gasteiger partial charge on any atom is 0.253 e. The van der Waals surface area contributed by atoms with Gasteiger partial charge in [0.2, 0.25) is 11.8 Å². The minimum Gasteiger partial charge on any atom is -0.343 e. The van der Waals surface area contributed by atoms with E-state index in [1.54, 1.807) is 36.0 Å². The molecule has 1 atom stereocenters. The number of benzene rings is 1. The van der Waals surface area contributed by atoms with Crippen LogP contribution in [0.25, 0.3) is 0 Å². The number of anilines is 1. The van der Waals surface area contributed by atoms with Crippen LogP contribution in [0.3, 0.4) is 0 Å². The lowest BCUT2D eigenvalue weighted by atomic mass is 10.1. The molecular formula is C17H21N3O3S. The second-order valence-corrected chi connectivity index (χ2v) is 7.16. The number of thioether (sulfide) groups is 1.